The van der Waals surface area contributed by atoms with Crippen molar-refractivity contribution < 1.29 is 9.53 Å². The molecule has 0 bridgehead atoms. The number of methoxy groups -OCH3 is 1. The van der Waals surface area contributed by atoms with Crippen LogP contribution in [0.4, 0.5) is 0 Å². The van der Waals surface area contributed by atoms with Crippen LogP contribution in [0, 0.1) is 5.41 Å². The minimum atomic E-state index is 0. The minimum Gasteiger partial charge on any atom is -0.384 e. The van der Waals surface area contributed by atoms with Crippen LogP contribution in [0.25, 0.3) is 0 Å². The van der Waals surface area contributed by atoms with Gasteiger partial charge in [-0.05, 0) is 31.5 Å². The Morgan fingerprint density at radius 1 is 1.07 bits per heavy atom. The third kappa shape index (κ3) is 8.40. The van der Waals surface area contributed by atoms with Gasteiger partial charge in [-0.25, -0.2) is 0 Å². The average Bonchev–Trinajstić information content (AvgIpc) is 2.70. The van der Waals surface area contributed by atoms with E-state index in [-0.39, 0.29) is 36.1 Å². The highest BCUT2D eigenvalue weighted by Crippen LogP contribution is 2.28. The summed E-state index contributed by atoms with van der Waals surface area (Å²) in [4.78, 5) is 17.2. The molecule has 0 spiro atoms. The Labute approximate surface area is 187 Å². The molecule has 0 saturated carbocycles. The van der Waals surface area contributed by atoms with E-state index < -0.39 is 0 Å². The van der Waals surface area contributed by atoms with Gasteiger partial charge in [-0.15, -0.1) is 24.8 Å². The molecule has 0 unspecified atom stereocenters. The molecule has 3 rings (SSSR count). The lowest BCUT2D eigenvalue weighted by atomic mass is 9.79. The third-order valence-corrected chi connectivity index (χ3v) is 5.86. The Morgan fingerprint density at radius 3 is 2.31 bits per heavy atom. The molecule has 6 nitrogen and oxygen atoms in total. The highest BCUT2D eigenvalue weighted by Gasteiger charge is 2.32. The fourth-order valence-corrected chi connectivity index (χ4v) is 4.13. The van der Waals surface area contributed by atoms with Gasteiger partial charge >= 0.3 is 0 Å². The molecule has 2 N–H and O–H groups in total. The quantitative estimate of drug-likeness (QED) is 0.637. The highest BCUT2D eigenvalue weighted by atomic mass is 35.5. The Hall–Kier alpha value is -0.890. The average molecular weight is 447 g/mol. The molecule has 2 saturated heterocycles. The summed E-state index contributed by atoms with van der Waals surface area (Å²) in [5.41, 5.74) is 1.44. The maximum atomic E-state index is 12.5. The number of rotatable bonds is 8. The smallest absolute Gasteiger partial charge is 0.234 e. The van der Waals surface area contributed by atoms with E-state index in [1.807, 2.05) is 0 Å². The number of carbonyl (C=O) groups excluding carboxylic acids is 1. The van der Waals surface area contributed by atoms with Crippen molar-refractivity contribution in [2.75, 3.05) is 66.1 Å². The van der Waals surface area contributed by atoms with Crippen molar-refractivity contribution in [2.24, 2.45) is 5.41 Å². The zero-order chi connectivity index (χ0) is 19.0. The van der Waals surface area contributed by atoms with Crippen LogP contribution in [-0.2, 0) is 16.1 Å². The van der Waals surface area contributed by atoms with Crippen molar-refractivity contribution in [1.82, 2.24) is 20.4 Å². The number of ether oxygens (including phenoxy) is 1. The molecular weight excluding hydrogens is 411 g/mol. The summed E-state index contributed by atoms with van der Waals surface area (Å²) in [6.45, 7) is 8.87. The summed E-state index contributed by atoms with van der Waals surface area (Å²) < 4.78 is 5.43. The van der Waals surface area contributed by atoms with Gasteiger partial charge < -0.3 is 15.4 Å². The van der Waals surface area contributed by atoms with Crippen molar-refractivity contribution in [2.45, 2.75) is 19.4 Å². The number of hydrogen-bond donors (Lipinski definition) is 2. The van der Waals surface area contributed by atoms with Crippen molar-refractivity contribution >= 4 is 30.7 Å². The van der Waals surface area contributed by atoms with Gasteiger partial charge in [0.25, 0.3) is 0 Å². The predicted molar refractivity (Wildman–Crippen MR) is 122 cm³/mol. The van der Waals surface area contributed by atoms with E-state index in [4.69, 9.17) is 4.74 Å². The van der Waals surface area contributed by atoms with Gasteiger partial charge in [0.2, 0.25) is 5.91 Å². The summed E-state index contributed by atoms with van der Waals surface area (Å²) in [6, 6.07) is 10.6. The fourth-order valence-electron chi connectivity index (χ4n) is 4.13. The summed E-state index contributed by atoms with van der Waals surface area (Å²) in [6.07, 6.45) is 2.11. The van der Waals surface area contributed by atoms with Crippen molar-refractivity contribution in [3.63, 3.8) is 0 Å². The zero-order valence-corrected chi connectivity index (χ0v) is 19.0. The molecule has 1 aromatic carbocycles. The molecule has 0 radical (unpaired) electrons. The van der Waals surface area contributed by atoms with Gasteiger partial charge in [0, 0.05) is 51.8 Å². The Morgan fingerprint density at radius 2 is 1.69 bits per heavy atom. The fraction of sp³-hybridized carbons (Fsp3) is 0.667. The number of nitrogens with zero attached hydrogens (tertiary/aromatic N) is 2. The van der Waals surface area contributed by atoms with E-state index in [1.54, 1.807) is 7.11 Å². The van der Waals surface area contributed by atoms with Crippen molar-refractivity contribution in [1.29, 1.82) is 0 Å². The second kappa shape index (κ2) is 13.4. The molecule has 2 fully saturated rings. The highest BCUT2D eigenvalue weighted by molar-refractivity contribution is 5.85. The second-order valence-corrected chi connectivity index (χ2v) is 8.00. The lowest BCUT2D eigenvalue weighted by Crippen LogP contribution is -2.51. The Balaban J connectivity index is 0.00000210. The number of nitrogens with one attached hydrogen (secondary N) is 2. The topological polar surface area (TPSA) is 56.8 Å². The number of hydrogen-bond acceptors (Lipinski definition) is 5. The summed E-state index contributed by atoms with van der Waals surface area (Å²) in [5, 5.41) is 6.57. The van der Waals surface area contributed by atoms with Crippen LogP contribution in [0.1, 0.15) is 18.4 Å². The maximum Gasteiger partial charge on any atom is 0.234 e. The molecule has 8 heteroatoms. The molecule has 1 aromatic rings. The monoisotopic (exact) mass is 446 g/mol. The van der Waals surface area contributed by atoms with Crippen LogP contribution in [0.3, 0.4) is 0 Å². The van der Waals surface area contributed by atoms with Gasteiger partial charge in [-0.2, -0.15) is 0 Å². The largest absolute Gasteiger partial charge is 0.384 e. The van der Waals surface area contributed by atoms with Gasteiger partial charge in [-0.3, -0.25) is 14.6 Å². The van der Waals surface area contributed by atoms with E-state index in [0.717, 1.165) is 65.2 Å². The van der Waals surface area contributed by atoms with Gasteiger partial charge in [0.15, 0.2) is 0 Å². The van der Waals surface area contributed by atoms with Gasteiger partial charge in [0.1, 0.15) is 0 Å². The molecule has 0 aliphatic carbocycles. The molecule has 2 heterocycles. The van der Waals surface area contributed by atoms with Gasteiger partial charge in [-0.1, -0.05) is 30.3 Å². The third-order valence-electron chi connectivity index (χ3n) is 5.86. The first-order valence-electron chi connectivity index (χ1n) is 10.1. The van der Waals surface area contributed by atoms with Crippen LogP contribution in [0.2, 0.25) is 0 Å². The summed E-state index contributed by atoms with van der Waals surface area (Å²) in [7, 11) is 1.75. The Bertz CT molecular complexity index is 572. The molecule has 2 aliphatic heterocycles. The number of amides is 1. The molecule has 166 valence electrons. The van der Waals surface area contributed by atoms with Crippen LogP contribution in [-0.4, -0.2) is 81.8 Å². The molecule has 0 aromatic heterocycles. The first kappa shape index (κ1) is 26.1. The first-order valence-corrected chi connectivity index (χ1v) is 10.1. The van der Waals surface area contributed by atoms with Crippen molar-refractivity contribution in [3.8, 4) is 0 Å². The number of benzene rings is 1. The van der Waals surface area contributed by atoms with Crippen LogP contribution >= 0.6 is 24.8 Å². The number of halogens is 2. The number of piperazine rings is 1. The lowest BCUT2D eigenvalue weighted by Gasteiger charge is -2.38. The normalized spacial score (nSPS) is 19.6. The van der Waals surface area contributed by atoms with E-state index in [1.165, 1.54) is 5.56 Å². The SMILES string of the molecule is COCC1(CNC(=O)CN2CCN(Cc3ccccc3)CC2)CCNCC1.Cl.Cl. The van der Waals surface area contributed by atoms with Crippen molar-refractivity contribution in [3.05, 3.63) is 35.9 Å². The van der Waals surface area contributed by atoms with E-state index >= 15 is 0 Å². The van der Waals surface area contributed by atoms with E-state index in [2.05, 4.69) is 50.8 Å². The lowest BCUT2D eigenvalue weighted by molar-refractivity contribution is -0.123. The molecule has 2 aliphatic rings. The minimum absolute atomic E-state index is 0. The maximum absolute atomic E-state index is 12.5. The van der Waals surface area contributed by atoms with Crippen LogP contribution in [0.5, 0.6) is 0 Å². The molecule has 29 heavy (non-hydrogen) atoms. The first-order chi connectivity index (χ1) is 13.2. The molecular formula is C21H36Cl2N4O2. The van der Waals surface area contributed by atoms with Crippen LogP contribution < -0.4 is 10.6 Å². The van der Waals surface area contributed by atoms with Crippen LogP contribution in [0.15, 0.2) is 30.3 Å². The predicted octanol–water partition coefficient (Wildman–Crippen LogP) is 1.78. The van der Waals surface area contributed by atoms with Gasteiger partial charge in [0.05, 0.1) is 13.2 Å². The summed E-state index contributed by atoms with van der Waals surface area (Å²) >= 11 is 0. The number of carbonyl (C=O) groups is 1. The number of piperidine rings is 1. The second-order valence-electron chi connectivity index (χ2n) is 8.00. The standard InChI is InChI=1S/C21H34N4O2.2ClH/c1-27-18-21(7-9-22-10-8-21)17-23-20(26)16-25-13-11-24(12-14-25)15-19-5-3-2-4-6-19;;/h2-6,22H,7-18H2,1H3,(H,23,26);2*1H. The van der Waals surface area contributed by atoms with E-state index in [9.17, 15) is 4.79 Å². The van der Waals surface area contributed by atoms with E-state index in [0.29, 0.717) is 13.2 Å². The zero-order valence-electron chi connectivity index (χ0n) is 17.4. The molecule has 1 amide bonds. The summed E-state index contributed by atoms with van der Waals surface area (Å²) in [5.74, 6) is 0.139. The Kier molecular flexibility index (Phi) is 12.1. The molecule has 0 atom stereocenters.